The van der Waals surface area contributed by atoms with Crippen LogP contribution in [0.15, 0.2) is 11.6 Å². The van der Waals surface area contributed by atoms with E-state index in [2.05, 4.69) is 15.2 Å². The molecule has 0 radical (unpaired) electrons. The van der Waals surface area contributed by atoms with Gasteiger partial charge < -0.3 is 10.2 Å². The first-order valence-corrected chi connectivity index (χ1v) is 6.14. The summed E-state index contributed by atoms with van der Waals surface area (Å²) in [6.45, 7) is 3.16. The molecule has 0 aromatic carbocycles. The number of nitrogens with zero attached hydrogens (tertiary/aromatic N) is 2. The molecule has 5 heteroatoms. The third-order valence-electron chi connectivity index (χ3n) is 2.53. The molecule has 1 aromatic rings. The number of anilines is 1. The van der Waals surface area contributed by atoms with E-state index in [1.165, 1.54) is 24.2 Å². The molecule has 1 N–H and O–H groups in total. The van der Waals surface area contributed by atoms with E-state index in [4.69, 9.17) is 0 Å². The smallest absolute Gasteiger partial charge is 0.227 e. The second kappa shape index (κ2) is 5.23. The Balaban J connectivity index is 1.68. The van der Waals surface area contributed by atoms with E-state index in [1.807, 2.05) is 5.38 Å². The van der Waals surface area contributed by atoms with Crippen molar-refractivity contribution in [3.63, 3.8) is 0 Å². The average Bonchev–Trinajstić information content (AvgIpc) is 2.86. The van der Waals surface area contributed by atoms with Crippen LogP contribution in [0.5, 0.6) is 0 Å². The number of rotatable bonds is 4. The highest BCUT2D eigenvalue weighted by molar-refractivity contribution is 7.13. The summed E-state index contributed by atoms with van der Waals surface area (Å²) in [5.41, 5.74) is 0. The molecule has 2 rings (SSSR count). The van der Waals surface area contributed by atoms with Crippen molar-refractivity contribution in [3.8, 4) is 0 Å². The number of hydrogen-bond donors (Lipinski definition) is 1. The maximum Gasteiger partial charge on any atom is 0.227 e. The summed E-state index contributed by atoms with van der Waals surface area (Å²) in [6.07, 6.45) is 4.81. The van der Waals surface area contributed by atoms with Crippen molar-refractivity contribution in [2.75, 3.05) is 25.0 Å². The summed E-state index contributed by atoms with van der Waals surface area (Å²) in [5, 5.41) is 5.34. The van der Waals surface area contributed by atoms with Gasteiger partial charge in [-0.25, -0.2) is 4.98 Å². The molecule has 0 unspecified atom stereocenters. The molecule has 4 nitrogen and oxygen atoms in total. The molecule has 0 atom stereocenters. The van der Waals surface area contributed by atoms with Crippen LogP contribution in [-0.2, 0) is 4.79 Å². The van der Waals surface area contributed by atoms with Crippen molar-refractivity contribution >= 4 is 22.4 Å². The third-order valence-corrected chi connectivity index (χ3v) is 3.22. The fourth-order valence-electron chi connectivity index (χ4n) is 1.73. The van der Waals surface area contributed by atoms with Crippen molar-refractivity contribution in [3.05, 3.63) is 11.6 Å². The summed E-state index contributed by atoms with van der Waals surface area (Å²) in [6, 6.07) is 0. The van der Waals surface area contributed by atoms with Crippen molar-refractivity contribution < 1.29 is 4.79 Å². The molecule has 1 saturated heterocycles. The van der Waals surface area contributed by atoms with Crippen LogP contribution in [0.3, 0.4) is 0 Å². The monoisotopic (exact) mass is 225 g/mol. The van der Waals surface area contributed by atoms with Gasteiger partial charge in [-0.05, 0) is 25.9 Å². The Hall–Kier alpha value is -0.940. The molecule has 1 fully saturated rings. The summed E-state index contributed by atoms with van der Waals surface area (Å²) < 4.78 is 0. The molecule has 0 bridgehead atoms. The Labute approximate surface area is 93.3 Å². The predicted molar refractivity (Wildman–Crippen MR) is 61.0 cm³/mol. The topological polar surface area (TPSA) is 45.2 Å². The van der Waals surface area contributed by atoms with Crippen LogP contribution in [0.4, 0.5) is 5.13 Å². The first-order valence-electron chi connectivity index (χ1n) is 5.26. The highest BCUT2D eigenvalue weighted by Gasteiger charge is 2.13. The number of likely N-dealkylation sites (tertiary alicyclic amines) is 1. The highest BCUT2D eigenvalue weighted by atomic mass is 32.1. The summed E-state index contributed by atoms with van der Waals surface area (Å²) in [4.78, 5) is 17.8. The Morgan fingerprint density at radius 1 is 1.53 bits per heavy atom. The Bertz CT molecular complexity index is 306. The normalized spacial score (nSPS) is 16.8. The lowest BCUT2D eigenvalue weighted by atomic mass is 10.4. The van der Waals surface area contributed by atoms with Gasteiger partial charge in [-0.2, -0.15) is 0 Å². The van der Waals surface area contributed by atoms with E-state index in [9.17, 15) is 4.79 Å². The van der Waals surface area contributed by atoms with E-state index < -0.39 is 0 Å². The van der Waals surface area contributed by atoms with Crippen LogP contribution < -0.4 is 5.32 Å². The van der Waals surface area contributed by atoms with E-state index in [0.29, 0.717) is 11.6 Å². The summed E-state index contributed by atoms with van der Waals surface area (Å²) >= 11 is 1.45. The number of aromatic nitrogens is 1. The Morgan fingerprint density at radius 3 is 3.00 bits per heavy atom. The van der Waals surface area contributed by atoms with E-state index in [1.54, 1.807) is 6.20 Å². The largest absolute Gasteiger partial charge is 0.303 e. The maximum atomic E-state index is 11.5. The third kappa shape index (κ3) is 3.28. The van der Waals surface area contributed by atoms with Gasteiger partial charge in [0.1, 0.15) is 0 Å². The van der Waals surface area contributed by atoms with Gasteiger partial charge in [-0.15, -0.1) is 11.3 Å². The van der Waals surface area contributed by atoms with Crippen LogP contribution in [-0.4, -0.2) is 35.4 Å². The second-order valence-corrected chi connectivity index (χ2v) is 4.58. The average molecular weight is 225 g/mol. The molecule has 1 aliphatic heterocycles. The predicted octanol–water partition coefficient (Wildman–Crippen LogP) is 1.57. The number of hydrogen-bond acceptors (Lipinski definition) is 4. The molecule has 0 spiro atoms. The zero-order valence-electron chi connectivity index (χ0n) is 8.61. The van der Waals surface area contributed by atoms with Gasteiger partial charge in [0.15, 0.2) is 5.13 Å². The van der Waals surface area contributed by atoms with Gasteiger partial charge in [-0.1, -0.05) is 0 Å². The maximum absolute atomic E-state index is 11.5. The van der Waals surface area contributed by atoms with Crippen molar-refractivity contribution in [2.24, 2.45) is 0 Å². The number of amides is 1. The van der Waals surface area contributed by atoms with Crippen LogP contribution in [0.25, 0.3) is 0 Å². The number of carbonyl (C=O) groups excluding carboxylic acids is 1. The molecule has 1 amide bonds. The minimum absolute atomic E-state index is 0.0665. The van der Waals surface area contributed by atoms with Gasteiger partial charge >= 0.3 is 0 Å². The SMILES string of the molecule is O=C(CCN1CCCC1)Nc1nccs1. The molecule has 82 valence electrons. The van der Waals surface area contributed by atoms with Gasteiger partial charge in [0.05, 0.1) is 0 Å². The first-order chi connectivity index (χ1) is 7.34. The van der Waals surface area contributed by atoms with Crippen molar-refractivity contribution in [1.29, 1.82) is 0 Å². The van der Waals surface area contributed by atoms with Crippen LogP contribution in [0, 0.1) is 0 Å². The molecule has 1 aliphatic rings. The van der Waals surface area contributed by atoms with Gasteiger partial charge in [0.2, 0.25) is 5.91 Å². The standard InChI is InChI=1S/C10H15N3OS/c14-9(12-10-11-4-8-15-10)3-7-13-5-1-2-6-13/h4,8H,1-3,5-7H2,(H,11,12,14). The second-order valence-electron chi connectivity index (χ2n) is 3.68. The van der Waals surface area contributed by atoms with Crippen LogP contribution in [0.1, 0.15) is 19.3 Å². The lowest BCUT2D eigenvalue weighted by Gasteiger charge is -2.13. The Morgan fingerprint density at radius 2 is 2.33 bits per heavy atom. The fourth-order valence-corrected chi connectivity index (χ4v) is 2.28. The van der Waals surface area contributed by atoms with Gasteiger partial charge in [-0.3, -0.25) is 4.79 Å². The molecule has 15 heavy (non-hydrogen) atoms. The number of nitrogens with one attached hydrogen (secondary N) is 1. The lowest BCUT2D eigenvalue weighted by Crippen LogP contribution is -2.24. The van der Waals surface area contributed by atoms with Crippen molar-refractivity contribution in [2.45, 2.75) is 19.3 Å². The Kier molecular flexibility index (Phi) is 3.69. The summed E-state index contributed by atoms with van der Waals surface area (Å²) in [7, 11) is 0. The molecular weight excluding hydrogens is 210 g/mol. The number of thiazole rings is 1. The molecule has 1 aromatic heterocycles. The molecule has 0 saturated carbocycles. The van der Waals surface area contributed by atoms with Crippen LogP contribution >= 0.6 is 11.3 Å². The molecular formula is C10H15N3OS. The molecule has 0 aliphatic carbocycles. The molecule has 2 heterocycles. The highest BCUT2D eigenvalue weighted by Crippen LogP contribution is 2.11. The van der Waals surface area contributed by atoms with Gasteiger partial charge in [0, 0.05) is 24.5 Å². The lowest BCUT2D eigenvalue weighted by molar-refractivity contribution is -0.116. The fraction of sp³-hybridized carbons (Fsp3) is 0.600. The zero-order valence-corrected chi connectivity index (χ0v) is 9.42. The number of carbonyl (C=O) groups is 1. The van der Waals surface area contributed by atoms with Crippen LogP contribution in [0.2, 0.25) is 0 Å². The zero-order chi connectivity index (χ0) is 10.5. The van der Waals surface area contributed by atoms with E-state index >= 15 is 0 Å². The van der Waals surface area contributed by atoms with Crippen molar-refractivity contribution in [1.82, 2.24) is 9.88 Å². The van der Waals surface area contributed by atoms with Gasteiger partial charge in [0.25, 0.3) is 0 Å². The minimum Gasteiger partial charge on any atom is -0.303 e. The first kappa shape index (κ1) is 10.6. The van der Waals surface area contributed by atoms with E-state index in [0.717, 1.165) is 19.6 Å². The quantitative estimate of drug-likeness (QED) is 0.846. The van der Waals surface area contributed by atoms with E-state index in [-0.39, 0.29) is 5.91 Å². The summed E-state index contributed by atoms with van der Waals surface area (Å²) in [5.74, 6) is 0.0665. The minimum atomic E-state index is 0.0665.